The molecule has 2 heterocycles. The predicted molar refractivity (Wildman–Crippen MR) is 153 cm³/mol. The van der Waals surface area contributed by atoms with Crippen LogP contribution in [0.1, 0.15) is 43.7 Å². The number of rotatable bonds is 10. The van der Waals surface area contributed by atoms with Crippen molar-refractivity contribution in [3.63, 3.8) is 0 Å². The van der Waals surface area contributed by atoms with E-state index >= 15 is 0 Å². The average molecular weight is 602 g/mol. The number of carbonyl (C=O) groups is 4. The summed E-state index contributed by atoms with van der Waals surface area (Å²) in [6.07, 6.45) is 1.22. The van der Waals surface area contributed by atoms with E-state index in [-0.39, 0.29) is 11.7 Å². The topological polar surface area (TPSA) is 179 Å². The third kappa shape index (κ3) is 8.08. The van der Waals surface area contributed by atoms with Crippen LogP contribution in [0.15, 0.2) is 48.7 Å². The van der Waals surface area contributed by atoms with Crippen LogP contribution in [0.5, 0.6) is 5.75 Å². The van der Waals surface area contributed by atoms with Gasteiger partial charge in [0.15, 0.2) is 5.60 Å². The molecule has 1 aliphatic rings. The summed E-state index contributed by atoms with van der Waals surface area (Å²) in [6, 6.07) is 12.9. The molecule has 0 unspecified atom stereocenters. The Morgan fingerprint density at radius 1 is 1.02 bits per heavy atom. The monoisotopic (exact) mass is 601 g/mol. The van der Waals surface area contributed by atoms with Crippen LogP contribution in [0.2, 0.25) is 0 Å². The summed E-state index contributed by atoms with van der Waals surface area (Å²) in [5, 5.41) is 38.1. The molecule has 1 aromatic heterocycles. The van der Waals surface area contributed by atoms with Gasteiger partial charge in [0, 0.05) is 56.8 Å². The number of ether oxygens (including phenoxy) is 1. The number of hydrogen-bond donors (Lipinski definition) is 5. The third-order valence-electron chi connectivity index (χ3n) is 7.47. The van der Waals surface area contributed by atoms with Crippen LogP contribution < -0.4 is 10.1 Å². The van der Waals surface area contributed by atoms with E-state index < -0.39 is 41.9 Å². The number of aliphatic carboxylic acids is 3. The van der Waals surface area contributed by atoms with Crippen molar-refractivity contribution in [2.75, 3.05) is 20.2 Å². The van der Waals surface area contributed by atoms with Gasteiger partial charge in [-0.15, -0.1) is 0 Å². The third-order valence-corrected chi connectivity index (χ3v) is 7.47. The van der Waals surface area contributed by atoms with Crippen molar-refractivity contribution in [1.82, 2.24) is 14.8 Å². The minimum absolute atomic E-state index is 0.130. The van der Waals surface area contributed by atoms with Gasteiger partial charge in [0.25, 0.3) is 0 Å². The number of methoxy groups -OCH3 is 1. The van der Waals surface area contributed by atoms with Gasteiger partial charge in [-0.25, -0.2) is 9.18 Å². The summed E-state index contributed by atoms with van der Waals surface area (Å²) in [7, 11) is 3.72. The van der Waals surface area contributed by atoms with Crippen LogP contribution in [0.4, 0.5) is 4.39 Å². The Kier molecular flexibility index (Phi) is 10.5. The quantitative estimate of drug-likeness (QED) is 0.232. The lowest BCUT2D eigenvalue weighted by Gasteiger charge is -2.42. The first-order valence-electron chi connectivity index (χ1n) is 13.5. The summed E-state index contributed by atoms with van der Waals surface area (Å²) >= 11 is 0. The van der Waals surface area contributed by atoms with Crippen molar-refractivity contribution >= 4 is 34.7 Å². The van der Waals surface area contributed by atoms with E-state index in [0.29, 0.717) is 18.4 Å². The molecule has 0 saturated carbocycles. The van der Waals surface area contributed by atoms with Crippen LogP contribution in [0, 0.1) is 5.82 Å². The number of carboxylic acids is 3. The number of carboxylic acid groups (broad SMARTS) is 3. The van der Waals surface area contributed by atoms with Gasteiger partial charge >= 0.3 is 17.9 Å². The van der Waals surface area contributed by atoms with Gasteiger partial charge < -0.3 is 35.0 Å². The number of carbonyl (C=O) groups excluding carboxylic acids is 1. The maximum atomic E-state index is 14.6. The number of hydrogen-bond acceptors (Lipinski definition) is 7. The second kappa shape index (κ2) is 13.7. The Balaban J connectivity index is 0.000000331. The highest BCUT2D eigenvalue weighted by atomic mass is 19.1. The van der Waals surface area contributed by atoms with Gasteiger partial charge in [-0.05, 0) is 36.6 Å². The summed E-state index contributed by atoms with van der Waals surface area (Å²) in [5.74, 6) is -4.56. The fraction of sp³-hybridized carbons (Fsp3) is 0.400. The summed E-state index contributed by atoms with van der Waals surface area (Å²) in [5.41, 5.74) is -0.414. The number of likely N-dealkylation sites (tertiary alicyclic amines) is 1. The molecule has 0 aliphatic carbocycles. The second-order valence-electron chi connectivity index (χ2n) is 10.6. The largest absolute Gasteiger partial charge is 0.497 e. The molecule has 12 nitrogen and oxygen atoms in total. The van der Waals surface area contributed by atoms with E-state index in [0.717, 1.165) is 30.9 Å². The van der Waals surface area contributed by atoms with Gasteiger partial charge in [0.2, 0.25) is 5.91 Å². The zero-order valence-electron chi connectivity index (χ0n) is 24.2. The summed E-state index contributed by atoms with van der Waals surface area (Å²) in [4.78, 5) is 44.8. The van der Waals surface area contributed by atoms with Gasteiger partial charge in [-0.2, -0.15) is 0 Å². The molecule has 0 bridgehead atoms. The zero-order chi connectivity index (χ0) is 31.9. The van der Waals surface area contributed by atoms with Crippen LogP contribution in [0.25, 0.3) is 10.9 Å². The molecule has 43 heavy (non-hydrogen) atoms. The fourth-order valence-electron chi connectivity index (χ4n) is 5.40. The number of aryl methyl sites for hydroxylation is 1. The highest BCUT2D eigenvalue weighted by molar-refractivity contribution is 5.88. The SMILES string of the molecule is COc1ccc2c(CN3CCC(NC(C)=O)(c4ccccc4F)CC3)cn(C)c2c1.O=C(O)CC(O)(CC(=O)O)C(=O)O. The van der Waals surface area contributed by atoms with Crippen molar-refractivity contribution < 1.29 is 48.7 Å². The normalized spacial score (nSPS) is 14.8. The molecule has 1 amide bonds. The lowest BCUT2D eigenvalue weighted by atomic mass is 9.80. The molecule has 3 aromatic rings. The lowest BCUT2D eigenvalue weighted by molar-refractivity contribution is -0.170. The van der Waals surface area contributed by atoms with Gasteiger partial charge in [-0.1, -0.05) is 18.2 Å². The highest BCUT2D eigenvalue weighted by Crippen LogP contribution is 2.36. The minimum atomic E-state index is -2.74. The van der Waals surface area contributed by atoms with E-state index in [4.69, 9.17) is 25.2 Å². The first kappa shape index (κ1) is 33.0. The number of piperidine rings is 1. The van der Waals surface area contributed by atoms with Crippen molar-refractivity contribution in [1.29, 1.82) is 0 Å². The molecule has 232 valence electrons. The zero-order valence-corrected chi connectivity index (χ0v) is 24.2. The van der Waals surface area contributed by atoms with Crippen molar-refractivity contribution in [2.24, 2.45) is 7.05 Å². The molecule has 0 atom stereocenters. The maximum absolute atomic E-state index is 14.6. The molecule has 0 spiro atoms. The summed E-state index contributed by atoms with van der Waals surface area (Å²) in [6.45, 7) is 3.87. The molecule has 1 saturated heterocycles. The number of fused-ring (bicyclic) bond motifs is 1. The molecular formula is C30H36FN3O9. The summed E-state index contributed by atoms with van der Waals surface area (Å²) < 4.78 is 22.1. The Bertz CT molecular complexity index is 1480. The lowest BCUT2D eigenvalue weighted by Crippen LogP contribution is -2.52. The van der Waals surface area contributed by atoms with E-state index in [1.807, 2.05) is 19.2 Å². The van der Waals surface area contributed by atoms with Crippen molar-refractivity contribution in [2.45, 2.75) is 50.3 Å². The average Bonchev–Trinajstić information content (AvgIpc) is 3.23. The first-order valence-corrected chi connectivity index (χ1v) is 13.5. The Morgan fingerprint density at radius 3 is 2.14 bits per heavy atom. The number of nitrogens with zero attached hydrogens (tertiary/aromatic N) is 2. The standard InChI is InChI=1S/C24H28FN3O2.C6H8O7/c1-17(29)26-24(21-6-4-5-7-22(21)25)10-12-28(13-11-24)16-18-15-27(2)23-14-19(30-3)8-9-20(18)23;7-3(8)1-6(13,5(11)12)2-4(9)10/h4-9,14-15H,10-13,16H2,1-3H3,(H,26,29);13H,1-2H2,(H,7,8)(H,9,10)(H,11,12). The maximum Gasteiger partial charge on any atom is 0.336 e. The van der Waals surface area contributed by atoms with Gasteiger partial charge in [0.1, 0.15) is 11.6 Å². The van der Waals surface area contributed by atoms with Crippen molar-refractivity contribution in [3.05, 3.63) is 65.6 Å². The molecule has 1 fully saturated rings. The minimum Gasteiger partial charge on any atom is -0.497 e. The van der Waals surface area contributed by atoms with Crippen LogP contribution in [-0.4, -0.2) is 79.5 Å². The number of halogens is 1. The number of amides is 1. The fourth-order valence-corrected chi connectivity index (χ4v) is 5.40. The predicted octanol–water partition coefficient (Wildman–Crippen LogP) is 2.70. The van der Waals surface area contributed by atoms with Crippen LogP contribution in [-0.2, 0) is 38.3 Å². The molecule has 5 N–H and O–H groups in total. The molecule has 1 aliphatic heterocycles. The van der Waals surface area contributed by atoms with E-state index in [2.05, 4.69) is 33.1 Å². The van der Waals surface area contributed by atoms with Crippen molar-refractivity contribution in [3.8, 4) is 5.75 Å². The highest BCUT2D eigenvalue weighted by Gasteiger charge is 2.41. The molecule has 2 aromatic carbocycles. The Labute approximate surface area is 247 Å². The Morgan fingerprint density at radius 2 is 1.63 bits per heavy atom. The van der Waals surface area contributed by atoms with Crippen LogP contribution in [0.3, 0.4) is 0 Å². The second-order valence-corrected chi connectivity index (χ2v) is 10.6. The smallest absolute Gasteiger partial charge is 0.336 e. The van der Waals surface area contributed by atoms with E-state index in [9.17, 15) is 23.6 Å². The molecular weight excluding hydrogens is 565 g/mol. The van der Waals surface area contributed by atoms with E-state index in [1.165, 1.54) is 23.9 Å². The van der Waals surface area contributed by atoms with Crippen LogP contribution >= 0.6 is 0 Å². The number of nitrogens with one attached hydrogen (secondary N) is 1. The Hall–Kier alpha value is -4.49. The number of benzene rings is 2. The van der Waals surface area contributed by atoms with Gasteiger partial charge in [-0.3, -0.25) is 19.3 Å². The number of aromatic nitrogens is 1. The molecule has 13 heteroatoms. The molecule has 4 rings (SSSR count). The number of aliphatic hydroxyl groups is 1. The molecule has 0 radical (unpaired) electrons. The first-order chi connectivity index (χ1) is 20.2. The van der Waals surface area contributed by atoms with E-state index in [1.54, 1.807) is 19.2 Å². The van der Waals surface area contributed by atoms with Gasteiger partial charge in [0.05, 0.1) is 31.0 Å².